The Morgan fingerprint density at radius 1 is 1.00 bits per heavy atom. The Balaban J connectivity index is 2.02. The maximum Gasteiger partial charge on any atom is 0.257 e. The molecule has 25 heavy (non-hydrogen) atoms. The first-order valence-corrected chi connectivity index (χ1v) is 8.39. The van der Waals surface area contributed by atoms with E-state index in [1.165, 1.54) is 0 Å². The molecule has 0 aromatic heterocycles. The quantitative estimate of drug-likeness (QED) is 0.730. The highest BCUT2D eigenvalue weighted by molar-refractivity contribution is 7.80. The summed E-state index contributed by atoms with van der Waals surface area (Å²) in [4.78, 5) is 23.7. The van der Waals surface area contributed by atoms with Crippen LogP contribution in [0.15, 0.2) is 42.5 Å². The van der Waals surface area contributed by atoms with Gasteiger partial charge in [0.1, 0.15) is 0 Å². The molecule has 0 atom stereocenters. The largest absolute Gasteiger partial charge is 0.332 e. The molecule has 3 N–H and O–H groups in total. The van der Waals surface area contributed by atoms with Crippen LogP contribution in [0.2, 0.25) is 0 Å². The SMILES string of the molecule is CCC(=O)Nc1cc(NC(=S)NC(=O)c2ccc(C)cc2)ccc1C. The van der Waals surface area contributed by atoms with Crippen molar-refractivity contribution in [3.8, 4) is 0 Å². The molecular weight excluding hydrogens is 334 g/mol. The zero-order chi connectivity index (χ0) is 18.4. The highest BCUT2D eigenvalue weighted by atomic mass is 32.1. The van der Waals surface area contributed by atoms with Crippen molar-refractivity contribution in [1.82, 2.24) is 5.32 Å². The fraction of sp³-hybridized carbons (Fsp3) is 0.211. The third kappa shape index (κ3) is 5.39. The monoisotopic (exact) mass is 355 g/mol. The van der Waals surface area contributed by atoms with E-state index in [2.05, 4.69) is 16.0 Å². The summed E-state index contributed by atoms with van der Waals surface area (Å²) in [5, 5.41) is 8.64. The lowest BCUT2D eigenvalue weighted by Gasteiger charge is -2.13. The van der Waals surface area contributed by atoms with Crippen LogP contribution in [0.1, 0.15) is 34.8 Å². The third-order valence-electron chi connectivity index (χ3n) is 3.63. The zero-order valence-corrected chi connectivity index (χ0v) is 15.3. The number of benzene rings is 2. The fourth-order valence-electron chi connectivity index (χ4n) is 2.12. The van der Waals surface area contributed by atoms with Crippen LogP contribution >= 0.6 is 12.2 Å². The molecule has 0 heterocycles. The van der Waals surface area contributed by atoms with E-state index in [9.17, 15) is 9.59 Å². The minimum atomic E-state index is -0.274. The Labute approximate surface area is 152 Å². The van der Waals surface area contributed by atoms with Crippen LogP contribution in [0.5, 0.6) is 0 Å². The molecule has 0 radical (unpaired) electrons. The van der Waals surface area contributed by atoms with Crippen molar-refractivity contribution < 1.29 is 9.59 Å². The topological polar surface area (TPSA) is 70.2 Å². The Morgan fingerprint density at radius 2 is 1.68 bits per heavy atom. The van der Waals surface area contributed by atoms with E-state index in [-0.39, 0.29) is 16.9 Å². The molecule has 2 aromatic rings. The first kappa shape index (κ1) is 18.6. The van der Waals surface area contributed by atoms with Gasteiger partial charge in [0, 0.05) is 23.4 Å². The minimum absolute atomic E-state index is 0.0597. The van der Waals surface area contributed by atoms with E-state index in [1.807, 2.05) is 38.1 Å². The number of rotatable bonds is 4. The number of thiocarbonyl (C=S) groups is 1. The van der Waals surface area contributed by atoms with Crippen LogP contribution in [0.25, 0.3) is 0 Å². The Morgan fingerprint density at radius 3 is 2.32 bits per heavy atom. The Hall–Kier alpha value is -2.73. The zero-order valence-electron chi connectivity index (χ0n) is 14.5. The van der Waals surface area contributed by atoms with Crippen LogP contribution in [-0.2, 0) is 4.79 Å². The van der Waals surface area contributed by atoms with Gasteiger partial charge in [-0.2, -0.15) is 0 Å². The van der Waals surface area contributed by atoms with E-state index < -0.39 is 0 Å². The number of hydrogen-bond acceptors (Lipinski definition) is 3. The summed E-state index contributed by atoms with van der Waals surface area (Å²) in [5.41, 5.74) is 3.96. The second-order valence-corrected chi connectivity index (χ2v) is 6.11. The lowest BCUT2D eigenvalue weighted by Crippen LogP contribution is -2.34. The van der Waals surface area contributed by atoms with Gasteiger partial charge in [-0.3, -0.25) is 14.9 Å². The molecule has 0 aliphatic heterocycles. The van der Waals surface area contributed by atoms with Crippen molar-refractivity contribution in [2.75, 3.05) is 10.6 Å². The molecule has 0 bridgehead atoms. The number of hydrogen-bond donors (Lipinski definition) is 3. The highest BCUT2D eigenvalue weighted by Gasteiger charge is 2.09. The van der Waals surface area contributed by atoms with Crippen LogP contribution in [0.3, 0.4) is 0 Å². The maximum atomic E-state index is 12.2. The number of aryl methyl sites for hydroxylation is 2. The summed E-state index contributed by atoms with van der Waals surface area (Å²) in [6.07, 6.45) is 0.405. The predicted molar refractivity (Wildman–Crippen MR) is 105 cm³/mol. The van der Waals surface area contributed by atoms with Gasteiger partial charge in [0.2, 0.25) is 5.91 Å². The van der Waals surface area contributed by atoms with Gasteiger partial charge in [0.05, 0.1) is 0 Å². The molecule has 2 aromatic carbocycles. The Bertz CT molecular complexity index is 801. The van der Waals surface area contributed by atoms with E-state index in [4.69, 9.17) is 12.2 Å². The first-order chi connectivity index (χ1) is 11.9. The molecule has 0 saturated heterocycles. The van der Waals surface area contributed by atoms with Crippen molar-refractivity contribution in [3.63, 3.8) is 0 Å². The number of nitrogens with one attached hydrogen (secondary N) is 3. The second-order valence-electron chi connectivity index (χ2n) is 5.71. The molecule has 0 aliphatic carbocycles. The summed E-state index contributed by atoms with van der Waals surface area (Å²) in [5.74, 6) is -0.334. The summed E-state index contributed by atoms with van der Waals surface area (Å²) < 4.78 is 0. The fourth-order valence-corrected chi connectivity index (χ4v) is 2.33. The van der Waals surface area contributed by atoms with Gasteiger partial charge in [-0.05, 0) is 55.9 Å². The average Bonchev–Trinajstić information content (AvgIpc) is 2.58. The van der Waals surface area contributed by atoms with E-state index >= 15 is 0 Å². The summed E-state index contributed by atoms with van der Waals surface area (Å²) in [7, 11) is 0. The van der Waals surface area contributed by atoms with Crippen LogP contribution in [-0.4, -0.2) is 16.9 Å². The molecule has 6 heteroatoms. The van der Waals surface area contributed by atoms with Gasteiger partial charge in [-0.15, -0.1) is 0 Å². The molecule has 130 valence electrons. The Kier molecular flexibility index (Phi) is 6.25. The number of carbonyl (C=O) groups excluding carboxylic acids is 2. The first-order valence-electron chi connectivity index (χ1n) is 7.98. The summed E-state index contributed by atoms with van der Waals surface area (Å²) in [6, 6.07) is 12.7. The van der Waals surface area contributed by atoms with Crippen molar-refractivity contribution in [2.24, 2.45) is 0 Å². The number of anilines is 2. The van der Waals surface area contributed by atoms with Gasteiger partial charge >= 0.3 is 0 Å². The standard InChI is InChI=1S/C19H21N3O2S/c1-4-17(23)21-16-11-15(10-7-13(16)3)20-19(25)22-18(24)14-8-5-12(2)6-9-14/h5-11H,4H2,1-3H3,(H,21,23)(H2,20,22,24,25). The van der Waals surface area contributed by atoms with E-state index in [0.29, 0.717) is 23.4 Å². The predicted octanol–water partition coefficient (Wildman–Crippen LogP) is 3.78. The smallest absolute Gasteiger partial charge is 0.257 e. The van der Waals surface area contributed by atoms with Gasteiger partial charge in [0.15, 0.2) is 5.11 Å². The van der Waals surface area contributed by atoms with Crippen molar-refractivity contribution in [1.29, 1.82) is 0 Å². The van der Waals surface area contributed by atoms with Gasteiger partial charge in [0.25, 0.3) is 5.91 Å². The van der Waals surface area contributed by atoms with Crippen molar-refractivity contribution in [2.45, 2.75) is 27.2 Å². The van der Waals surface area contributed by atoms with Crippen LogP contribution in [0, 0.1) is 13.8 Å². The molecule has 0 aliphatic rings. The lowest BCUT2D eigenvalue weighted by molar-refractivity contribution is -0.115. The van der Waals surface area contributed by atoms with Crippen LogP contribution < -0.4 is 16.0 Å². The van der Waals surface area contributed by atoms with Crippen LogP contribution in [0.4, 0.5) is 11.4 Å². The molecule has 0 saturated carbocycles. The second kappa shape index (κ2) is 8.39. The maximum absolute atomic E-state index is 12.2. The van der Waals surface area contributed by atoms with E-state index in [0.717, 1.165) is 11.1 Å². The molecule has 0 fully saturated rings. The minimum Gasteiger partial charge on any atom is -0.332 e. The lowest BCUT2D eigenvalue weighted by atomic mass is 10.1. The average molecular weight is 355 g/mol. The molecular formula is C19H21N3O2S. The van der Waals surface area contributed by atoms with Crippen molar-refractivity contribution >= 4 is 40.5 Å². The number of amides is 2. The van der Waals surface area contributed by atoms with Crippen molar-refractivity contribution in [3.05, 3.63) is 59.2 Å². The normalized spacial score (nSPS) is 10.0. The molecule has 2 amide bonds. The van der Waals surface area contributed by atoms with Gasteiger partial charge < -0.3 is 10.6 Å². The highest BCUT2D eigenvalue weighted by Crippen LogP contribution is 2.20. The molecule has 2 rings (SSSR count). The van der Waals surface area contributed by atoms with Gasteiger partial charge in [-0.1, -0.05) is 30.7 Å². The molecule has 0 spiro atoms. The molecule has 5 nitrogen and oxygen atoms in total. The third-order valence-corrected chi connectivity index (χ3v) is 3.84. The molecule has 0 unspecified atom stereocenters. The summed E-state index contributed by atoms with van der Waals surface area (Å²) >= 11 is 5.19. The van der Waals surface area contributed by atoms with E-state index in [1.54, 1.807) is 25.1 Å². The summed E-state index contributed by atoms with van der Waals surface area (Å²) in [6.45, 7) is 5.66. The van der Waals surface area contributed by atoms with Gasteiger partial charge in [-0.25, -0.2) is 0 Å². The number of carbonyl (C=O) groups is 2.